The van der Waals surface area contributed by atoms with Gasteiger partial charge in [-0.25, -0.2) is 18.4 Å². The van der Waals surface area contributed by atoms with Gasteiger partial charge in [0.05, 0.1) is 34.6 Å². The fourth-order valence-electron chi connectivity index (χ4n) is 4.25. The molecule has 2 heterocycles. The molecular weight excluding hydrogens is 460 g/mol. The molecule has 34 heavy (non-hydrogen) atoms. The Hall–Kier alpha value is -3.53. The molecule has 1 saturated carbocycles. The van der Waals surface area contributed by atoms with E-state index < -0.39 is 17.2 Å². The first-order chi connectivity index (χ1) is 16.5. The van der Waals surface area contributed by atoms with Crippen molar-refractivity contribution in [1.82, 2.24) is 19.3 Å². The van der Waals surface area contributed by atoms with Gasteiger partial charge in [-0.3, -0.25) is 14.2 Å². The van der Waals surface area contributed by atoms with Crippen LogP contribution < -0.4 is 10.9 Å². The minimum Gasteiger partial charge on any atom is -0.310 e. The maximum Gasteiger partial charge on any atom is 0.266 e. The lowest BCUT2D eigenvalue weighted by molar-refractivity contribution is -0.113. The fraction of sp³-hybridized carbons (Fsp3) is 0.250. The van der Waals surface area contributed by atoms with Crippen LogP contribution in [0.25, 0.3) is 16.6 Å². The van der Waals surface area contributed by atoms with Crippen LogP contribution in [0.4, 0.5) is 14.6 Å². The van der Waals surface area contributed by atoms with Gasteiger partial charge in [-0.1, -0.05) is 36.7 Å². The van der Waals surface area contributed by atoms with E-state index in [-0.39, 0.29) is 28.5 Å². The van der Waals surface area contributed by atoms with Gasteiger partial charge in [0.1, 0.15) is 17.5 Å². The zero-order chi connectivity index (χ0) is 23.7. The lowest BCUT2D eigenvalue weighted by Gasteiger charge is -2.15. The van der Waals surface area contributed by atoms with Crippen LogP contribution in [-0.2, 0) is 4.79 Å². The Morgan fingerprint density at radius 3 is 2.71 bits per heavy atom. The molecule has 0 spiro atoms. The largest absolute Gasteiger partial charge is 0.310 e. The number of rotatable bonds is 6. The molecule has 0 unspecified atom stereocenters. The van der Waals surface area contributed by atoms with Crippen molar-refractivity contribution in [3.8, 4) is 5.69 Å². The molecule has 7 nitrogen and oxygen atoms in total. The number of halogens is 2. The van der Waals surface area contributed by atoms with Gasteiger partial charge >= 0.3 is 0 Å². The third-order valence-electron chi connectivity index (χ3n) is 5.84. The van der Waals surface area contributed by atoms with E-state index in [1.54, 1.807) is 36.5 Å². The van der Waals surface area contributed by atoms with E-state index in [9.17, 15) is 18.4 Å². The van der Waals surface area contributed by atoms with Crippen LogP contribution in [0.15, 0.2) is 64.7 Å². The van der Waals surface area contributed by atoms with Crippen molar-refractivity contribution in [3.63, 3.8) is 0 Å². The summed E-state index contributed by atoms with van der Waals surface area (Å²) >= 11 is 1.00. The molecule has 5 rings (SSSR count). The molecule has 1 N–H and O–H groups in total. The Labute approximate surface area is 197 Å². The minimum absolute atomic E-state index is 0.0660. The van der Waals surface area contributed by atoms with Crippen molar-refractivity contribution in [1.29, 1.82) is 0 Å². The van der Waals surface area contributed by atoms with Crippen LogP contribution in [0.2, 0.25) is 0 Å². The van der Waals surface area contributed by atoms with Crippen molar-refractivity contribution >= 4 is 34.4 Å². The molecule has 10 heteroatoms. The van der Waals surface area contributed by atoms with Gasteiger partial charge in [0.2, 0.25) is 5.91 Å². The van der Waals surface area contributed by atoms with Crippen molar-refractivity contribution in [3.05, 3.63) is 76.7 Å². The van der Waals surface area contributed by atoms with Crippen LogP contribution >= 0.6 is 11.8 Å². The molecule has 0 bridgehead atoms. The summed E-state index contributed by atoms with van der Waals surface area (Å²) in [4.78, 5) is 30.5. The predicted octanol–water partition coefficient (Wildman–Crippen LogP) is 4.71. The molecule has 2 aromatic heterocycles. The minimum atomic E-state index is -0.897. The van der Waals surface area contributed by atoms with Crippen LogP contribution in [-0.4, -0.2) is 31.0 Å². The zero-order valence-corrected chi connectivity index (χ0v) is 18.9. The van der Waals surface area contributed by atoms with Gasteiger partial charge in [0, 0.05) is 12.1 Å². The summed E-state index contributed by atoms with van der Waals surface area (Å²) < 4.78 is 31.0. The van der Waals surface area contributed by atoms with E-state index in [1.807, 2.05) is 4.68 Å². The average molecular weight is 482 g/mol. The average Bonchev–Trinajstić information content (AvgIpc) is 3.51. The summed E-state index contributed by atoms with van der Waals surface area (Å²) in [6, 6.07) is 11.7. The summed E-state index contributed by atoms with van der Waals surface area (Å²) in [7, 11) is 0. The predicted molar refractivity (Wildman–Crippen MR) is 126 cm³/mol. The summed E-state index contributed by atoms with van der Waals surface area (Å²) in [5, 5.41) is 7.65. The maximum absolute atomic E-state index is 14.6. The van der Waals surface area contributed by atoms with Crippen LogP contribution in [0.1, 0.15) is 31.7 Å². The maximum atomic E-state index is 14.6. The topological polar surface area (TPSA) is 81.8 Å². The highest BCUT2D eigenvalue weighted by Gasteiger charge is 2.21. The van der Waals surface area contributed by atoms with Gasteiger partial charge in [-0.2, -0.15) is 5.10 Å². The molecule has 1 aliphatic carbocycles. The second kappa shape index (κ2) is 9.38. The second-order valence-corrected chi connectivity index (χ2v) is 9.03. The molecular formula is C24H21F2N5O2S. The van der Waals surface area contributed by atoms with Crippen LogP contribution in [0.3, 0.4) is 0 Å². The Kier molecular flexibility index (Phi) is 6.14. The Bertz CT molecular complexity index is 1430. The molecule has 4 aromatic rings. The third-order valence-corrected chi connectivity index (χ3v) is 6.77. The normalized spacial score (nSPS) is 14.1. The lowest BCUT2D eigenvalue weighted by atomic mass is 10.2. The quantitative estimate of drug-likeness (QED) is 0.319. The number of fused-ring (bicyclic) bond motifs is 1. The first-order valence-corrected chi connectivity index (χ1v) is 11.9. The molecule has 1 fully saturated rings. The van der Waals surface area contributed by atoms with Crippen LogP contribution in [0, 0.1) is 11.6 Å². The number of para-hydroxylation sites is 1. The number of benzene rings is 2. The molecule has 174 valence electrons. The number of amides is 1. The first kappa shape index (κ1) is 22.3. The van der Waals surface area contributed by atoms with E-state index >= 15 is 0 Å². The monoisotopic (exact) mass is 481 g/mol. The number of thioether (sulfide) groups is 1. The molecule has 0 radical (unpaired) electrons. The smallest absolute Gasteiger partial charge is 0.266 e. The van der Waals surface area contributed by atoms with Gasteiger partial charge in [0.25, 0.3) is 5.56 Å². The second-order valence-electron chi connectivity index (χ2n) is 8.08. The first-order valence-electron chi connectivity index (χ1n) is 10.9. The molecule has 0 atom stereocenters. The number of anilines is 1. The Balaban J connectivity index is 1.44. The number of nitrogens with one attached hydrogen (secondary N) is 1. The van der Waals surface area contributed by atoms with E-state index in [0.29, 0.717) is 22.8 Å². The molecule has 0 aliphatic heterocycles. The zero-order valence-electron chi connectivity index (χ0n) is 18.1. The summed E-state index contributed by atoms with van der Waals surface area (Å²) in [5.41, 5.74) is -0.210. The van der Waals surface area contributed by atoms with Gasteiger partial charge < -0.3 is 5.32 Å². The molecule has 1 aliphatic rings. The van der Waals surface area contributed by atoms with E-state index in [1.165, 1.54) is 6.07 Å². The van der Waals surface area contributed by atoms with Gasteiger partial charge in [-0.15, -0.1) is 0 Å². The SMILES string of the molecule is O=C(CSc1nc2ccccc2c(=O)n1-c1ccc(F)cc1F)Nc1ccnn1C1CCCC1. The lowest BCUT2D eigenvalue weighted by Crippen LogP contribution is -2.24. The highest BCUT2D eigenvalue weighted by atomic mass is 32.2. The fourth-order valence-corrected chi connectivity index (χ4v) is 5.05. The molecule has 2 aromatic carbocycles. The summed E-state index contributed by atoms with van der Waals surface area (Å²) in [6.07, 6.45) is 5.98. The van der Waals surface area contributed by atoms with Crippen molar-refractivity contribution in [2.45, 2.75) is 36.9 Å². The van der Waals surface area contributed by atoms with E-state index in [2.05, 4.69) is 15.4 Å². The Morgan fingerprint density at radius 2 is 1.91 bits per heavy atom. The van der Waals surface area contributed by atoms with Gasteiger partial charge in [0.15, 0.2) is 5.16 Å². The number of carbonyl (C=O) groups is 1. The number of aromatic nitrogens is 4. The van der Waals surface area contributed by atoms with Gasteiger partial charge in [-0.05, 0) is 37.1 Å². The third kappa shape index (κ3) is 4.33. The molecule has 1 amide bonds. The van der Waals surface area contributed by atoms with Crippen molar-refractivity contribution in [2.24, 2.45) is 0 Å². The van der Waals surface area contributed by atoms with Crippen molar-refractivity contribution in [2.75, 3.05) is 11.1 Å². The molecule has 0 saturated heterocycles. The number of hydrogen-bond donors (Lipinski definition) is 1. The number of carbonyl (C=O) groups excluding carboxylic acids is 1. The highest BCUT2D eigenvalue weighted by molar-refractivity contribution is 7.99. The van der Waals surface area contributed by atoms with Crippen LogP contribution in [0.5, 0.6) is 0 Å². The summed E-state index contributed by atoms with van der Waals surface area (Å²) in [5.74, 6) is -1.41. The standard InChI is InChI=1S/C24H21F2N5O2S/c25-15-9-10-20(18(26)13-15)30-23(33)17-7-3-4-8-19(17)28-24(30)34-14-22(32)29-21-11-12-27-31(21)16-5-1-2-6-16/h3-4,7-13,16H,1-2,5-6,14H2,(H,29,32). The highest BCUT2D eigenvalue weighted by Crippen LogP contribution is 2.31. The number of nitrogens with zero attached hydrogens (tertiary/aromatic N) is 4. The number of hydrogen-bond acceptors (Lipinski definition) is 5. The van der Waals surface area contributed by atoms with Crippen molar-refractivity contribution < 1.29 is 13.6 Å². The van der Waals surface area contributed by atoms with E-state index in [4.69, 9.17) is 0 Å². The summed E-state index contributed by atoms with van der Waals surface area (Å²) in [6.45, 7) is 0. The van der Waals surface area contributed by atoms with E-state index in [0.717, 1.165) is 48.1 Å². The Morgan fingerprint density at radius 1 is 1.12 bits per heavy atom.